The van der Waals surface area contributed by atoms with E-state index in [0.717, 1.165) is 18.2 Å². The van der Waals surface area contributed by atoms with Crippen molar-refractivity contribution in [3.05, 3.63) is 89.2 Å². The standard InChI is InChI=1S/C25H21FN2O6S/c1-2-21(23(30)28-20-9-4-3-8-19(20)26)35-16-7-5-6-15(13-16)27-22(29)17-11-10-14(24(31)32)12-18(17)25(33)34/h3-13,21H,2H2,1H3,(H,27,29)(H,28,30)(H,31,32)(H,33,34). The molecule has 4 N–H and O–H groups in total. The Morgan fingerprint density at radius 3 is 2.29 bits per heavy atom. The Balaban J connectivity index is 1.75. The number of amides is 2. The minimum atomic E-state index is -1.44. The summed E-state index contributed by atoms with van der Waals surface area (Å²) in [6.45, 7) is 1.82. The normalized spacial score (nSPS) is 11.4. The highest BCUT2D eigenvalue weighted by molar-refractivity contribution is 8.00. The van der Waals surface area contributed by atoms with Crippen molar-refractivity contribution in [2.75, 3.05) is 10.6 Å². The van der Waals surface area contributed by atoms with Gasteiger partial charge in [-0.15, -0.1) is 11.8 Å². The Bertz CT molecular complexity index is 1300. The number of nitrogens with one attached hydrogen (secondary N) is 2. The van der Waals surface area contributed by atoms with Crippen LogP contribution in [0.25, 0.3) is 0 Å². The fourth-order valence-electron chi connectivity index (χ4n) is 3.16. The highest BCUT2D eigenvalue weighted by atomic mass is 32.2. The summed E-state index contributed by atoms with van der Waals surface area (Å²) in [5.74, 6) is -4.39. The van der Waals surface area contributed by atoms with E-state index in [1.54, 1.807) is 30.3 Å². The Morgan fingerprint density at radius 1 is 0.886 bits per heavy atom. The number of carboxylic acids is 2. The maximum absolute atomic E-state index is 13.9. The average Bonchev–Trinajstić information content (AvgIpc) is 2.83. The summed E-state index contributed by atoms with van der Waals surface area (Å²) in [7, 11) is 0. The number of carbonyl (C=O) groups is 4. The highest BCUT2D eigenvalue weighted by Crippen LogP contribution is 2.29. The van der Waals surface area contributed by atoms with Crippen molar-refractivity contribution in [1.82, 2.24) is 0 Å². The van der Waals surface area contributed by atoms with E-state index in [0.29, 0.717) is 17.0 Å². The monoisotopic (exact) mass is 496 g/mol. The molecule has 10 heteroatoms. The second-order valence-electron chi connectivity index (χ2n) is 7.34. The van der Waals surface area contributed by atoms with E-state index in [4.69, 9.17) is 5.11 Å². The van der Waals surface area contributed by atoms with Crippen molar-refractivity contribution in [1.29, 1.82) is 0 Å². The van der Waals surface area contributed by atoms with Gasteiger partial charge in [0, 0.05) is 10.6 Å². The molecule has 0 aliphatic heterocycles. The highest BCUT2D eigenvalue weighted by Gasteiger charge is 2.21. The molecule has 35 heavy (non-hydrogen) atoms. The molecule has 0 radical (unpaired) electrons. The van der Waals surface area contributed by atoms with E-state index in [1.807, 2.05) is 6.92 Å². The van der Waals surface area contributed by atoms with Crippen LogP contribution in [0.4, 0.5) is 15.8 Å². The fourth-order valence-corrected chi connectivity index (χ4v) is 4.17. The molecule has 0 fully saturated rings. The summed E-state index contributed by atoms with van der Waals surface area (Å²) in [4.78, 5) is 48.7. The number of aromatic carboxylic acids is 2. The number of hydrogen-bond acceptors (Lipinski definition) is 5. The summed E-state index contributed by atoms with van der Waals surface area (Å²) in [5, 5.41) is 23.1. The molecule has 0 saturated heterocycles. The molecule has 0 heterocycles. The van der Waals surface area contributed by atoms with E-state index in [1.165, 1.54) is 30.0 Å². The van der Waals surface area contributed by atoms with Gasteiger partial charge in [-0.2, -0.15) is 0 Å². The van der Waals surface area contributed by atoms with Gasteiger partial charge in [0.2, 0.25) is 5.91 Å². The summed E-state index contributed by atoms with van der Waals surface area (Å²) >= 11 is 1.23. The van der Waals surface area contributed by atoms with Gasteiger partial charge in [0.25, 0.3) is 5.91 Å². The third-order valence-electron chi connectivity index (χ3n) is 4.91. The predicted molar refractivity (Wildman–Crippen MR) is 130 cm³/mol. The third kappa shape index (κ3) is 6.45. The number of carboxylic acid groups (broad SMARTS) is 2. The molecule has 0 aliphatic rings. The number of halogens is 1. The van der Waals surface area contributed by atoms with Crippen LogP contribution >= 0.6 is 11.8 Å². The van der Waals surface area contributed by atoms with Crippen LogP contribution in [0.2, 0.25) is 0 Å². The zero-order chi connectivity index (χ0) is 25.5. The van der Waals surface area contributed by atoms with Gasteiger partial charge in [-0.25, -0.2) is 14.0 Å². The lowest BCUT2D eigenvalue weighted by atomic mass is 10.0. The van der Waals surface area contributed by atoms with Crippen molar-refractivity contribution in [2.45, 2.75) is 23.5 Å². The van der Waals surface area contributed by atoms with E-state index < -0.39 is 34.5 Å². The number of para-hydroxylation sites is 1. The first-order valence-electron chi connectivity index (χ1n) is 10.4. The van der Waals surface area contributed by atoms with E-state index in [2.05, 4.69) is 10.6 Å². The molecular weight excluding hydrogens is 475 g/mol. The Kier molecular flexibility index (Phi) is 8.21. The smallest absolute Gasteiger partial charge is 0.336 e. The second-order valence-corrected chi connectivity index (χ2v) is 8.61. The van der Waals surface area contributed by atoms with Gasteiger partial charge in [-0.3, -0.25) is 9.59 Å². The second kappa shape index (κ2) is 11.3. The summed E-state index contributed by atoms with van der Waals surface area (Å²) in [6, 6.07) is 15.7. The van der Waals surface area contributed by atoms with Gasteiger partial charge in [0.15, 0.2) is 0 Å². The topological polar surface area (TPSA) is 133 Å². The molecular formula is C25H21FN2O6S. The van der Waals surface area contributed by atoms with Crippen LogP contribution in [-0.4, -0.2) is 39.2 Å². The van der Waals surface area contributed by atoms with Crippen LogP contribution in [0.1, 0.15) is 44.4 Å². The number of benzene rings is 3. The minimum Gasteiger partial charge on any atom is -0.478 e. The summed E-state index contributed by atoms with van der Waals surface area (Å²) < 4.78 is 13.9. The largest absolute Gasteiger partial charge is 0.478 e. The Hall–Kier alpha value is -4.18. The van der Waals surface area contributed by atoms with Crippen molar-refractivity contribution < 1.29 is 33.8 Å². The molecule has 0 saturated carbocycles. The number of hydrogen-bond donors (Lipinski definition) is 4. The van der Waals surface area contributed by atoms with Crippen molar-refractivity contribution in [3.8, 4) is 0 Å². The van der Waals surface area contributed by atoms with Gasteiger partial charge in [0.05, 0.1) is 27.6 Å². The first kappa shape index (κ1) is 25.4. The first-order chi connectivity index (χ1) is 16.7. The number of thioether (sulfide) groups is 1. The maximum atomic E-state index is 13.9. The van der Waals surface area contributed by atoms with Gasteiger partial charge < -0.3 is 20.8 Å². The average molecular weight is 497 g/mol. The number of carbonyl (C=O) groups excluding carboxylic acids is 2. The molecule has 0 bridgehead atoms. The van der Waals surface area contributed by atoms with Crippen molar-refractivity contribution in [2.24, 2.45) is 0 Å². The van der Waals surface area contributed by atoms with Crippen LogP contribution in [0.5, 0.6) is 0 Å². The molecule has 3 rings (SSSR count). The maximum Gasteiger partial charge on any atom is 0.336 e. The molecule has 3 aromatic rings. The quantitative estimate of drug-likeness (QED) is 0.307. The van der Waals surface area contributed by atoms with Crippen molar-refractivity contribution in [3.63, 3.8) is 0 Å². The fraction of sp³-hybridized carbons (Fsp3) is 0.120. The molecule has 0 aromatic heterocycles. The molecule has 1 atom stereocenters. The van der Waals surface area contributed by atoms with Gasteiger partial charge in [-0.1, -0.05) is 25.1 Å². The molecule has 2 amide bonds. The van der Waals surface area contributed by atoms with Crippen LogP contribution in [0, 0.1) is 5.82 Å². The lowest BCUT2D eigenvalue weighted by Crippen LogP contribution is -2.25. The van der Waals surface area contributed by atoms with Crippen LogP contribution < -0.4 is 10.6 Å². The minimum absolute atomic E-state index is 0.0840. The SMILES string of the molecule is CCC(Sc1cccc(NC(=O)c2ccc(C(=O)O)cc2C(=O)O)c1)C(=O)Nc1ccccc1F. The lowest BCUT2D eigenvalue weighted by molar-refractivity contribution is -0.115. The number of rotatable bonds is 9. The zero-order valence-electron chi connectivity index (χ0n) is 18.4. The van der Waals surface area contributed by atoms with E-state index in [9.17, 15) is 28.7 Å². The van der Waals surface area contributed by atoms with Gasteiger partial charge >= 0.3 is 11.9 Å². The van der Waals surface area contributed by atoms with Crippen molar-refractivity contribution >= 4 is 46.9 Å². The third-order valence-corrected chi connectivity index (χ3v) is 6.26. The zero-order valence-corrected chi connectivity index (χ0v) is 19.3. The van der Waals surface area contributed by atoms with Gasteiger partial charge in [0.1, 0.15) is 5.82 Å². The molecule has 0 aliphatic carbocycles. The van der Waals surface area contributed by atoms with E-state index >= 15 is 0 Å². The van der Waals surface area contributed by atoms with Crippen LogP contribution in [0.3, 0.4) is 0 Å². The Labute approximate surface area is 204 Å². The first-order valence-corrected chi connectivity index (χ1v) is 11.3. The van der Waals surface area contributed by atoms with Crippen LogP contribution in [0.15, 0.2) is 71.6 Å². The lowest BCUT2D eigenvalue weighted by Gasteiger charge is -2.16. The molecule has 1 unspecified atom stereocenters. The van der Waals surface area contributed by atoms with Gasteiger partial charge in [-0.05, 0) is 55.0 Å². The predicted octanol–water partition coefficient (Wildman–Crippen LogP) is 4.98. The summed E-state index contributed by atoms with van der Waals surface area (Å²) in [6.07, 6.45) is 0.458. The molecule has 8 nitrogen and oxygen atoms in total. The number of anilines is 2. The molecule has 3 aromatic carbocycles. The molecule has 0 spiro atoms. The Morgan fingerprint density at radius 2 is 1.63 bits per heavy atom. The van der Waals surface area contributed by atoms with E-state index in [-0.39, 0.29) is 22.7 Å². The molecule has 180 valence electrons. The van der Waals surface area contributed by atoms with Crippen LogP contribution in [-0.2, 0) is 4.79 Å². The summed E-state index contributed by atoms with van der Waals surface area (Å²) in [5.41, 5.74) is -0.458.